The predicted octanol–water partition coefficient (Wildman–Crippen LogP) is 4.52. The van der Waals surface area contributed by atoms with Gasteiger partial charge < -0.3 is 34.8 Å². The Bertz CT molecular complexity index is 2310. The number of carbonyl (C=O) groups excluding carboxylic acids is 3. The molecule has 7 aliphatic rings. The number of benzene rings is 2. The first kappa shape index (κ1) is 41.9. The number of nitrogens with zero attached hydrogens (tertiary/aromatic N) is 7. The summed E-state index contributed by atoms with van der Waals surface area (Å²) in [6, 6.07) is 10.9. The molecule has 3 amide bonds. The Hall–Kier alpha value is -5.13. The van der Waals surface area contributed by atoms with Gasteiger partial charge in [-0.25, -0.2) is 13.8 Å². The van der Waals surface area contributed by atoms with Crippen molar-refractivity contribution >= 4 is 45.8 Å². The average Bonchev–Trinajstić information content (AvgIpc) is 3.77. The topological polar surface area (TPSA) is 151 Å². The lowest BCUT2D eigenvalue weighted by Gasteiger charge is -2.42. The van der Waals surface area contributed by atoms with Crippen molar-refractivity contribution in [2.75, 3.05) is 84.1 Å². The second-order valence-electron chi connectivity index (χ2n) is 18.8. The van der Waals surface area contributed by atoms with E-state index < -0.39 is 24.1 Å². The third-order valence-corrected chi connectivity index (χ3v) is 14.5. The zero-order valence-corrected chi connectivity index (χ0v) is 36.2. The van der Waals surface area contributed by atoms with Crippen LogP contribution in [0.4, 0.5) is 14.5 Å². The van der Waals surface area contributed by atoms with Crippen LogP contribution in [0.1, 0.15) is 84.7 Å². The van der Waals surface area contributed by atoms with Gasteiger partial charge in [-0.05, 0) is 101 Å². The van der Waals surface area contributed by atoms with Crippen LogP contribution in [0.2, 0.25) is 0 Å². The number of rotatable bonds is 11. The van der Waals surface area contributed by atoms with Gasteiger partial charge in [-0.3, -0.25) is 29.3 Å². The van der Waals surface area contributed by atoms with E-state index in [1.807, 2.05) is 41.3 Å². The molecule has 17 heteroatoms. The van der Waals surface area contributed by atoms with Gasteiger partial charge in [0.05, 0.1) is 40.6 Å². The summed E-state index contributed by atoms with van der Waals surface area (Å²) in [5.74, 6) is -2.17. The molecule has 63 heavy (non-hydrogen) atoms. The number of aromatic amines is 1. The lowest BCUT2D eigenvalue weighted by Crippen LogP contribution is -2.57. The molecule has 6 aliphatic heterocycles. The number of fused-ring (bicyclic) bond motifs is 2. The Kier molecular flexibility index (Phi) is 11.1. The smallest absolute Gasteiger partial charge is 0.264 e. The fraction of sp³-hybridized carbons (Fsp3) is 0.587. The molecular formula is C46H58F2N10O5. The number of methoxy groups -OCH3 is 1. The monoisotopic (exact) mass is 868 g/mol. The van der Waals surface area contributed by atoms with Gasteiger partial charge in [0.2, 0.25) is 5.91 Å². The molecule has 3 aromatic rings. The molecule has 0 bridgehead atoms. The van der Waals surface area contributed by atoms with Crippen molar-refractivity contribution in [1.82, 2.24) is 40.4 Å². The minimum absolute atomic E-state index is 0.0769. The summed E-state index contributed by atoms with van der Waals surface area (Å²) in [7, 11) is 1.46. The van der Waals surface area contributed by atoms with E-state index in [0.717, 1.165) is 84.9 Å². The van der Waals surface area contributed by atoms with Gasteiger partial charge in [-0.2, -0.15) is 5.10 Å². The SMILES string of the molecule is COC1NC(=O)CCC1N1C(=O)c2cccc(N3CCC(CN4CCC(C(F)(F)CN5CCN(C6=NCNC(c7n[nH]c8ccc(OC9(C)CC9)cc78)=C6)CC5)CC4)CC3)c2C1=O. The summed E-state index contributed by atoms with van der Waals surface area (Å²) in [6.07, 6.45) is 6.74. The van der Waals surface area contributed by atoms with Gasteiger partial charge in [0.1, 0.15) is 29.5 Å². The second kappa shape index (κ2) is 16.8. The fourth-order valence-electron chi connectivity index (χ4n) is 10.5. The van der Waals surface area contributed by atoms with Gasteiger partial charge in [0.15, 0.2) is 6.23 Å². The van der Waals surface area contributed by atoms with E-state index in [1.54, 1.807) is 6.07 Å². The highest BCUT2D eigenvalue weighted by atomic mass is 19.3. The maximum absolute atomic E-state index is 15.9. The highest BCUT2D eigenvalue weighted by Gasteiger charge is 2.47. The lowest BCUT2D eigenvalue weighted by atomic mass is 9.88. The van der Waals surface area contributed by atoms with Crippen LogP contribution in [-0.4, -0.2) is 156 Å². The van der Waals surface area contributed by atoms with Crippen LogP contribution in [-0.2, 0) is 9.53 Å². The molecule has 3 N–H and O–H groups in total. The van der Waals surface area contributed by atoms with E-state index in [9.17, 15) is 14.4 Å². The van der Waals surface area contributed by atoms with Crippen molar-refractivity contribution in [1.29, 1.82) is 0 Å². The third kappa shape index (κ3) is 8.39. The molecule has 2 unspecified atom stereocenters. The minimum Gasteiger partial charge on any atom is -0.488 e. The van der Waals surface area contributed by atoms with E-state index in [2.05, 4.69) is 42.5 Å². The molecule has 4 saturated heterocycles. The maximum Gasteiger partial charge on any atom is 0.264 e. The molecule has 0 spiro atoms. The van der Waals surface area contributed by atoms with Gasteiger partial charge in [0, 0.05) is 76.7 Å². The summed E-state index contributed by atoms with van der Waals surface area (Å²) >= 11 is 0. The Labute approximate surface area is 366 Å². The number of imide groups is 1. The first-order chi connectivity index (χ1) is 30.4. The number of halogens is 2. The molecule has 0 radical (unpaired) electrons. The predicted molar refractivity (Wildman–Crippen MR) is 234 cm³/mol. The summed E-state index contributed by atoms with van der Waals surface area (Å²) in [4.78, 5) is 54.1. The number of aromatic nitrogens is 2. The summed E-state index contributed by atoms with van der Waals surface area (Å²) in [6.45, 7) is 8.37. The first-order valence-electron chi connectivity index (χ1n) is 22.8. The first-order valence-corrected chi connectivity index (χ1v) is 22.8. The number of hydrogen-bond acceptors (Lipinski definition) is 12. The number of nitrogens with one attached hydrogen (secondary N) is 3. The molecule has 7 heterocycles. The molecule has 1 aromatic heterocycles. The van der Waals surface area contributed by atoms with Crippen LogP contribution in [0.3, 0.4) is 0 Å². The van der Waals surface area contributed by atoms with Crippen molar-refractivity contribution in [3.8, 4) is 5.75 Å². The quantitative estimate of drug-likeness (QED) is 0.234. The van der Waals surface area contributed by atoms with Gasteiger partial charge in [-0.15, -0.1) is 0 Å². The number of carbonyl (C=O) groups is 3. The highest BCUT2D eigenvalue weighted by Crippen LogP contribution is 2.41. The van der Waals surface area contributed by atoms with E-state index in [1.165, 1.54) is 12.0 Å². The minimum atomic E-state index is -2.76. The Morgan fingerprint density at radius 3 is 2.41 bits per heavy atom. The molecule has 2 atom stereocenters. The summed E-state index contributed by atoms with van der Waals surface area (Å²) in [5.41, 5.74) is 4.11. The van der Waals surface area contributed by atoms with E-state index in [0.29, 0.717) is 82.2 Å². The van der Waals surface area contributed by atoms with Crippen LogP contribution >= 0.6 is 0 Å². The number of likely N-dealkylation sites (tertiary alicyclic amines) is 1. The number of piperidine rings is 3. The zero-order chi connectivity index (χ0) is 43.5. The molecular weight excluding hydrogens is 811 g/mol. The fourth-order valence-corrected chi connectivity index (χ4v) is 10.5. The van der Waals surface area contributed by atoms with E-state index >= 15 is 8.78 Å². The Balaban J connectivity index is 0.680. The number of amides is 3. The Morgan fingerprint density at radius 1 is 0.889 bits per heavy atom. The lowest BCUT2D eigenvalue weighted by molar-refractivity contribution is -0.130. The van der Waals surface area contributed by atoms with E-state index in [-0.39, 0.29) is 36.3 Å². The van der Waals surface area contributed by atoms with Crippen molar-refractivity contribution in [3.05, 3.63) is 59.3 Å². The molecule has 2 aromatic carbocycles. The van der Waals surface area contributed by atoms with Crippen LogP contribution in [0.15, 0.2) is 47.5 Å². The van der Waals surface area contributed by atoms with Crippen molar-refractivity contribution in [2.45, 2.75) is 82.1 Å². The van der Waals surface area contributed by atoms with Crippen molar-refractivity contribution in [2.24, 2.45) is 16.8 Å². The van der Waals surface area contributed by atoms with E-state index in [4.69, 9.17) is 14.5 Å². The molecule has 1 saturated carbocycles. The number of hydrogen-bond donors (Lipinski definition) is 3. The van der Waals surface area contributed by atoms with Gasteiger partial charge >= 0.3 is 0 Å². The Morgan fingerprint density at radius 2 is 1.67 bits per heavy atom. The maximum atomic E-state index is 15.9. The number of ether oxygens (including phenoxy) is 2. The number of alkyl halides is 2. The molecule has 5 fully saturated rings. The molecule has 336 valence electrons. The van der Waals surface area contributed by atoms with Crippen molar-refractivity contribution in [3.63, 3.8) is 0 Å². The normalized spacial score (nSPS) is 25.2. The highest BCUT2D eigenvalue weighted by molar-refractivity contribution is 6.24. The number of amidine groups is 1. The van der Waals surface area contributed by atoms with Crippen LogP contribution in [0, 0.1) is 11.8 Å². The second-order valence-corrected chi connectivity index (χ2v) is 18.8. The van der Waals surface area contributed by atoms with Crippen molar-refractivity contribution < 1.29 is 32.6 Å². The van der Waals surface area contributed by atoms with Crippen LogP contribution in [0.25, 0.3) is 16.6 Å². The zero-order valence-electron chi connectivity index (χ0n) is 36.2. The largest absolute Gasteiger partial charge is 0.488 e. The number of aliphatic imine (C=N–C) groups is 1. The number of H-pyrrole nitrogens is 1. The molecule has 1 aliphatic carbocycles. The van der Waals surface area contributed by atoms with Crippen LogP contribution < -0.4 is 20.3 Å². The number of anilines is 1. The third-order valence-electron chi connectivity index (χ3n) is 14.5. The average molecular weight is 869 g/mol. The molecule has 15 nitrogen and oxygen atoms in total. The summed E-state index contributed by atoms with van der Waals surface area (Å²) in [5, 5.41) is 14.9. The number of piperazine rings is 1. The summed E-state index contributed by atoms with van der Waals surface area (Å²) < 4.78 is 43.5. The standard InChI is InChI=1S/C46H58F2N10O5/c1-45(14-15-45)63-31-6-7-34-33(24-31)41(53-52-34)35-25-38(50-28-49-35)57-22-20-55(21-23-57)27-46(47,48)30-12-16-54(17-13-30)26-29-10-18-56(19-11-29)36-5-3-4-32-40(36)44(61)58(43(32)60)37-8-9-39(59)51-42(37)62-2/h3-7,24-25,29-30,37,42,49H,8-23,26-28H2,1-2H3,(H,51,59)(H,52,53). The van der Waals surface area contributed by atoms with Gasteiger partial charge in [-0.1, -0.05) is 6.07 Å². The van der Waals surface area contributed by atoms with Gasteiger partial charge in [0.25, 0.3) is 17.7 Å². The van der Waals surface area contributed by atoms with Crippen LogP contribution in [0.5, 0.6) is 5.75 Å². The molecule has 10 rings (SSSR count).